The molecule has 1 aliphatic heterocycles. The first-order chi connectivity index (χ1) is 16.5. The highest BCUT2D eigenvalue weighted by Gasteiger charge is 2.22. The lowest BCUT2D eigenvalue weighted by molar-refractivity contribution is -0.131. The highest BCUT2D eigenvalue weighted by Crippen LogP contribution is 2.20. The summed E-state index contributed by atoms with van der Waals surface area (Å²) in [5.41, 5.74) is 2.46. The van der Waals surface area contributed by atoms with Gasteiger partial charge in [0.25, 0.3) is 0 Å². The predicted molar refractivity (Wildman–Crippen MR) is 131 cm³/mol. The molecule has 10 heteroatoms. The second-order valence-corrected chi connectivity index (χ2v) is 8.54. The molecule has 0 unspecified atom stereocenters. The van der Waals surface area contributed by atoms with E-state index in [0.717, 1.165) is 29.9 Å². The Balaban J connectivity index is 1.42. The second kappa shape index (κ2) is 10.6. The van der Waals surface area contributed by atoms with E-state index in [2.05, 4.69) is 20.1 Å². The summed E-state index contributed by atoms with van der Waals surface area (Å²) in [6.07, 6.45) is 2.35. The van der Waals surface area contributed by atoms with Gasteiger partial charge in [0.2, 0.25) is 5.91 Å². The normalized spacial score (nSPS) is 14.1. The number of benzene rings is 1. The van der Waals surface area contributed by atoms with Crippen LogP contribution >= 0.6 is 12.2 Å². The van der Waals surface area contributed by atoms with E-state index in [1.807, 2.05) is 42.2 Å². The number of aryl methyl sites for hydroxylation is 1. The number of aromatic amines is 1. The zero-order valence-electron chi connectivity index (χ0n) is 19.4. The number of hydrogen-bond donors (Lipinski definition) is 1. The summed E-state index contributed by atoms with van der Waals surface area (Å²) in [5.74, 6) is 1.06. The molecule has 1 fully saturated rings. The van der Waals surface area contributed by atoms with Crippen LogP contribution in [0.3, 0.4) is 0 Å². The third kappa shape index (κ3) is 5.33. The van der Waals surface area contributed by atoms with Gasteiger partial charge in [-0.05, 0) is 50.7 Å². The first-order valence-corrected chi connectivity index (χ1v) is 11.7. The van der Waals surface area contributed by atoms with E-state index in [0.29, 0.717) is 42.4 Å². The summed E-state index contributed by atoms with van der Waals surface area (Å²) in [7, 11) is 0. The first kappa shape index (κ1) is 23.6. The van der Waals surface area contributed by atoms with Crippen molar-refractivity contribution in [3.8, 4) is 11.4 Å². The van der Waals surface area contributed by atoms with Crippen molar-refractivity contribution in [2.75, 3.05) is 37.7 Å². The van der Waals surface area contributed by atoms with E-state index in [1.165, 1.54) is 6.20 Å². The molecule has 3 aromatic rings. The molecule has 2 aromatic heterocycles. The Kier molecular flexibility index (Phi) is 7.36. The number of ether oxygens (including phenoxy) is 1. The summed E-state index contributed by atoms with van der Waals surface area (Å²) >= 11 is 5.40. The summed E-state index contributed by atoms with van der Waals surface area (Å²) in [6, 6.07) is 11.5. The van der Waals surface area contributed by atoms with Gasteiger partial charge in [-0.25, -0.2) is 9.78 Å². The largest absolute Gasteiger partial charge is 0.462 e. The number of nitrogens with zero attached hydrogens (tertiary/aromatic N) is 5. The van der Waals surface area contributed by atoms with Crippen LogP contribution in [0.4, 0.5) is 5.82 Å². The maximum atomic E-state index is 13.2. The van der Waals surface area contributed by atoms with E-state index < -0.39 is 0 Å². The summed E-state index contributed by atoms with van der Waals surface area (Å²) < 4.78 is 7.19. The highest BCUT2D eigenvalue weighted by atomic mass is 32.1. The fourth-order valence-electron chi connectivity index (χ4n) is 4.01. The minimum absolute atomic E-state index is 0.00105. The van der Waals surface area contributed by atoms with Gasteiger partial charge in [0, 0.05) is 37.9 Å². The minimum Gasteiger partial charge on any atom is -0.462 e. The summed E-state index contributed by atoms with van der Waals surface area (Å²) in [6.45, 7) is 6.90. The Hall–Kier alpha value is -3.53. The molecule has 4 rings (SSSR count). The molecule has 9 nitrogen and oxygen atoms in total. The van der Waals surface area contributed by atoms with Crippen LogP contribution in [0.1, 0.15) is 29.3 Å². The number of aromatic nitrogens is 4. The standard InChI is InChI=1S/C24H28N6O3S/c1-3-33-23(32)19-8-9-20(25-15-19)28-10-5-11-29(13-12-28)21(31)16-30-22(26-27-24(30)34)18-7-4-6-17(2)14-18/h4,6-9,14-15H,3,5,10-13,16H2,1-2H3,(H,27,34). The van der Waals surface area contributed by atoms with Crippen molar-refractivity contribution in [2.24, 2.45) is 0 Å². The van der Waals surface area contributed by atoms with Gasteiger partial charge in [-0.2, -0.15) is 5.10 Å². The van der Waals surface area contributed by atoms with Crippen LogP contribution in [-0.4, -0.2) is 69.3 Å². The van der Waals surface area contributed by atoms with Crippen LogP contribution in [0, 0.1) is 11.7 Å². The van der Waals surface area contributed by atoms with Gasteiger partial charge in [-0.15, -0.1) is 0 Å². The molecule has 34 heavy (non-hydrogen) atoms. The zero-order chi connectivity index (χ0) is 24.1. The summed E-state index contributed by atoms with van der Waals surface area (Å²) in [5, 5.41) is 7.17. The SMILES string of the molecule is CCOC(=O)c1ccc(N2CCCN(C(=O)Cn3c(-c4cccc(C)c4)n[nH]c3=S)CC2)nc1. The molecule has 3 heterocycles. The van der Waals surface area contributed by atoms with Gasteiger partial charge in [0.15, 0.2) is 10.6 Å². The minimum atomic E-state index is -0.378. The van der Waals surface area contributed by atoms with Crippen molar-refractivity contribution < 1.29 is 14.3 Å². The average molecular weight is 481 g/mol. The number of amides is 1. The van der Waals surface area contributed by atoms with Gasteiger partial charge >= 0.3 is 5.97 Å². The number of hydrogen-bond acceptors (Lipinski definition) is 7. The molecular weight excluding hydrogens is 452 g/mol. The first-order valence-electron chi connectivity index (χ1n) is 11.3. The van der Waals surface area contributed by atoms with E-state index >= 15 is 0 Å². The maximum Gasteiger partial charge on any atom is 0.339 e. The van der Waals surface area contributed by atoms with E-state index in [4.69, 9.17) is 17.0 Å². The van der Waals surface area contributed by atoms with Crippen molar-refractivity contribution in [2.45, 2.75) is 26.8 Å². The molecule has 1 N–H and O–H groups in total. The maximum absolute atomic E-state index is 13.2. The Bertz CT molecular complexity index is 1220. The fourth-order valence-corrected chi connectivity index (χ4v) is 4.21. The van der Waals surface area contributed by atoms with Crippen LogP contribution in [-0.2, 0) is 16.1 Å². The van der Waals surface area contributed by atoms with Gasteiger partial charge in [0.1, 0.15) is 12.4 Å². The molecule has 1 amide bonds. The van der Waals surface area contributed by atoms with Gasteiger partial charge in [-0.1, -0.05) is 23.8 Å². The van der Waals surface area contributed by atoms with Crippen LogP contribution in [0.5, 0.6) is 0 Å². The molecule has 1 aromatic carbocycles. The predicted octanol–water partition coefficient (Wildman–Crippen LogP) is 3.23. The van der Waals surface area contributed by atoms with Crippen LogP contribution in [0.25, 0.3) is 11.4 Å². The van der Waals surface area contributed by atoms with E-state index in [-0.39, 0.29) is 18.4 Å². The Labute approximate surface area is 203 Å². The molecule has 0 radical (unpaired) electrons. The molecular formula is C24H28N6O3S. The number of rotatable bonds is 6. The van der Waals surface area contributed by atoms with E-state index in [9.17, 15) is 9.59 Å². The number of carbonyl (C=O) groups excluding carboxylic acids is 2. The Morgan fingerprint density at radius 2 is 2.00 bits per heavy atom. The second-order valence-electron chi connectivity index (χ2n) is 8.15. The third-order valence-electron chi connectivity index (χ3n) is 5.76. The molecule has 0 spiro atoms. The summed E-state index contributed by atoms with van der Waals surface area (Å²) in [4.78, 5) is 33.5. The molecule has 0 bridgehead atoms. The topological polar surface area (TPSA) is 96.4 Å². The van der Waals surface area contributed by atoms with Crippen molar-refractivity contribution in [3.63, 3.8) is 0 Å². The molecule has 0 saturated carbocycles. The smallest absolute Gasteiger partial charge is 0.339 e. The molecule has 1 saturated heterocycles. The number of H-pyrrole nitrogens is 1. The quantitative estimate of drug-likeness (QED) is 0.427. The van der Waals surface area contributed by atoms with Crippen molar-refractivity contribution in [1.29, 1.82) is 0 Å². The van der Waals surface area contributed by atoms with Gasteiger partial charge in [0.05, 0.1) is 12.2 Å². The molecule has 0 atom stereocenters. The fraction of sp³-hybridized carbons (Fsp3) is 0.375. The number of pyridine rings is 1. The number of nitrogens with one attached hydrogen (secondary N) is 1. The molecule has 1 aliphatic rings. The number of esters is 1. The monoisotopic (exact) mass is 480 g/mol. The van der Waals surface area contributed by atoms with Crippen molar-refractivity contribution in [1.82, 2.24) is 24.6 Å². The molecule has 178 valence electrons. The van der Waals surface area contributed by atoms with Crippen LogP contribution in [0.15, 0.2) is 42.6 Å². The Morgan fingerprint density at radius 1 is 1.15 bits per heavy atom. The lowest BCUT2D eigenvalue weighted by Crippen LogP contribution is -2.37. The van der Waals surface area contributed by atoms with E-state index in [1.54, 1.807) is 17.6 Å². The zero-order valence-corrected chi connectivity index (χ0v) is 20.2. The van der Waals surface area contributed by atoms with Crippen molar-refractivity contribution in [3.05, 3.63) is 58.5 Å². The van der Waals surface area contributed by atoms with Crippen molar-refractivity contribution >= 4 is 29.9 Å². The highest BCUT2D eigenvalue weighted by molar-refractivity contribution is 7.71. The van der Waals surface area contributed by atoms with Crippen LogP contribution < -0.4 is 4.90 Å². The molecule has 0 aliphatic carbocycles. The van der Waals surface area contributed by atoms with Gasteiger partial charge < -0.3 is 14.5 Å². The van der Waals surface area contributed by atoms with Gasteiger partial charge in [-0.3, -0.25) is 14.5 Å². The number of anilines is 1. The lowest BCUT2D eigenvalue weighted by atomic mass is 10.1. The Morgan fingerprint density at radius 3 is 2.74 bits per heavy atom. The lowest BCUT2D eigenvalue weighted by Gasteiger charge is -2.23. The number of carbonyl (C=O) groups is 2. The average Bonchev–Trinajstić information content (AvgIpc) is 3.04. The van der Waals surface area contributed by atoms with Crippen LogP contribution in [0.2, 0.25) is 0 Å². The third-order valence-corrected chi connectivity index (χ3v) is 6.07.